The molecule has 0 amide bonds. The van der Waals surface area contributed by atoms with Crippen molar-refractivity contribution in [3.8, 4) is 0 Å². The molecule has 0 heterocycles. The molecule has 0 saturated carbocycles. The molecule has 0 spiro atoms. The molecule has 1 heteroatoms. The third-order valence-electron chi connectivity index (χ3n) is 3.56. The van der Waals surface area contributed by atoms with Crippen LogP contribution in [0.15, 0.2) is 54.6 Å². The number of ketones is 1. The molecule has 0 bridgehead atoms. The van der Waals surface area contributed by atoms with Gasteiger partial charge in [-0.1, -0.05) is 75.4 Å². The standard InChI is InChI=1S/C19H22O/c1-19(2,3)17-12-10-16(11-13-17)18(20)14-9-15-7-5-4-6-8-15/h4-8,10-13H,9,14H2,1-3H3. The van der Waals surface area contributed by atoms with Crippen molar-refractivity contribution in [2.75, 3.05) is 0 Å². The van der Waals surface area contributed by atoms with E-state index in [1.54, 1.807) is 0 Å². The fourth-order valence-electron chi connectivity index (χ4n) is 2.20. The highest BCUT2D eigenvalue weighted by molar-refractivity contribution is 5.96. The van der Waals surface area contributed by atoms with Crippen molar-refractivity contribution in [2.24, 2.45) is 0 Å². The molecule has 2 aromatic rings. The summed E-state index contributed by atoms with van der Waals surface area (Å²) in [6.07, 6.45) is 1.37. The van der Waals surface area contributed by atoms with Gasteiger partial charge >= 0.3 is 0 Å². The molecule has 104 valence electrons. The van der Waals surface area contributed by atoms with E-state index in [4.69, 9.17) is 0 Å². The van der Waals surface area contributed by atoms with E-state index in [1.165, 1.54) is 11.1 Å². The minimum absolute atomic E-state index is 0.131. The van der Waals surface area contributed by atoms with Gasteiger partial charge in [0.1, 0.15) is 0 Å². The molecule has 1 nitrogen and oxygen atoms in total. The zero-order valence-electron chi connectivity index (χ0n) is 12.5. The summed E-state index contributed by atoms with van der Waals surface area (Å²) in [7, 11) is 0. The van der Waals surface area contributed by atoms with E-state index >= 15 is 0 Å². The summed E-state index contributed by atoms with van der Waals surface area (Å²) in [5.41, 5.74) is 3.42. The Balaban J connectivity index is 1.99. The van der Waals surface area contributed by atoms with Crippen LogP contribution in [0.3, 0.4) is 0 Å². The van der Waals surface area contributed by atoms with Crippen molar-refractivity contribution in [1.82, 2.24) is 0 Å². The predicted molar refractivity (Wildman–Crippen MR) is 84.2 cm³/mol. The number of benzene rings is 2. The van der Waals surface area contributed by atoms with E-state index in [9.17, 15) is 4.79 Å². The van der Waals surface area contributed by atoms with E-state index < -0.39 is 0 Å². The molecular formula is C19H22O. The maximum absolute atomic E-state index is 12.2. The fraction of sp³-hybridized carbons (Fsp3) is 0.316. The molecule has 0 radical (unpaired) electrons. The molecule has 0 saturated heterocycles. The first-order valence-electron chi connectivity index (χ1n) is 7.14. The van der Waals surface area contributed by atoms with Crippen LogP contribution in [0.2, 0.25) is 0 Å². The number of aryl methyl sites for hydroxylation is 1. The number of carbonyl (C=O) groups excluding carboxylic acids is 1. The Morgan fingerprint density at radius 3 is 2.05 bits per heavy atom. The summed E-state index contributed by atoms with van der Waals surface area (Å²) in [6, 6.07) is 18.2. The van der Waals surface area contributed by atoms with E-state index in [-0.39, 0.29) is 11.2 Å². The number of carbonyl (C=O) groups is 1. The van der Waals surface area contributed by atoms with E-state index in [1.807, 2.05) is 30.3 Å². The SMILES string of the molecule is CC(C)(C)c1ccc(C(=O)CCc2ccccc2)cc1. The van der Waals surface area contributed by atoms with Gasteiger partial charge in [-0.3, -0.25) is 4.79 Å². The summed E-state index contributed by atoms with van der Waals surface area (Å²) in [4.78, 5) is 12.2. The molecule has 0 N–H and O–H groups in total. The third kappa shape index (κ3) is 3.80. The van der Waals surface area contributed by atoms with E-state index in [2.05, 4.69) is 45.0 Å². The van der Waals surface area contributed by atoms with Gasteiger partial charge in [-0.05, 0) is 23.0 Å². The lowest BCUT2D eigenvalue weighted by Crippen LogP contribution is -2.11. The second kappa shape index (κ2) is 6.04. The topological polar surface area (TPSA) is 17.1 Å². The van der Waals surface area contributed by atoms with Gasteiger partial charge in [0.25, 0.3) is 0 Å². The van der Waals surface area contributed by atoms with Crippen LogP contribution >= 0.6 is 0 Å². The smallest absolute Gasteiger partial charge is 0.163 e. The molecular weight excluding hydrogens is 244 g/mol. The second-order valence-electron chi connectivity index (χ2n) is 6.24. The van der Waals surface area contributed by atoms with E-state index in [0.29, 0.717) is 6.42 Å². The number of Topliss-reactive ketones (excluding diaryl/α,β-unsaturated/α-hetero) is 1. The molecule has 0 atom stereocenters. The third-order valence-corrected chi connectivity index (χ3v) is 3.56. The predicted octanol–water partition coefficient (Wildman–Crippen LogP) is 4.80. The molecule has 2 aromatic carbocycles. The fourth-order valence-corrected chi connectivity index (χ4v) is 2.20. The summed E-state index contributed by atoms with van der Waals surface area (Å²) < 4.78 is 0. The average Bonchev–Trinajstić information content (AvgIpc) is 2.45. The second-order valence-corrected chi connectivity index (χ2v) is 6.24. The number of hydrogen-bond donors (Lipinski definition) is 0. The lowest BCUT2D eigenvalue weighted by molar-refractivity contribution is 0.0983. The maximum atomic E-state index is 12.2. The van der Waals surface area contributed by atoms with Crippen LogP contribution in [-0.4, -0.2) is 5.78 Å². The van der Waals surface area contributed by atoms with Crippen LogP contribution in [0.4, 0.5) is 0 Å². The summed E-state index contributed by atoms with van der Waals surface area (Å²) in [6.45, 7) is 6.54. The van der Waals surface area contributed by atoms with E-state index in [0.717, 1.165) is 12.0 Å². The van der Waals surface area contributed by atoms with Crippen molar-refractivity contribution in [3.05, 3.63) is 71.3 Å². The van der Waals surface area contributed by atoms with Crippen molar-refractivity contribution in [3.63, 3.8) is 0 Å². The lowest BCUT2D eigenvalue weighted by Gasteiger charge is -2.19. The maximum Gasteiger partial charge on any atom is 0.163 e. The highest BCUT2D eigenvalue weighted by atomic mass is 16.1. The molecule has 0 unspecified atom stereocenters. The Morgan fingerprint density at radius 1 is 0.900 bits per heavy atom. The first-order chi connectivity index (χ1) is 9.47. The van der Waals surface area contributed by atoms with Gasteiger partial charge in [0.05, 0.1) is 0 Å². The van der Waals surface area contributed by atoms with Gasteiger partial charge in [-0.15, -0.1) is 0 Å². The lowest BCUT2D eigenvalue weighted by atomic mass is 9.86. The first kappa shape index (κ1) is 14.5. The zero-order valence-corrected chi connectivity index (χ0v) is 12.5. The first-order valence-corrected chi connectivity index (χ1v) is 7.14. The van der Waals surface area contributed by atoms with Gasteiger partial charge in [0.2, 0.25) is 0 Å². The largest absolute Gasteiger partial charge is 0.294 e. The molecule has 20 heavy (non-hydrogen) atoms. The summed E-state index contributed by atoms with van der Waals surface area (Å²) in [5, 5.41) is 0. The minimum Gasteiger partial charge on any atom is -0.294 e. The van der Waals surface area contributed by atoms with Crippen LogP contribution < -0.4 is 0 Å². The Kier molecular flexibility index (Phi) is 4.39. The Hall–Kier alpha value is -1.89. The minimum atomic E-state index is 0.131. The Labute approximate surface area is 121 Å². The molecule has 0 aromatic heterocycles. The highest BCUT2D eigenvalue weighted by Crippen LogP contribution is 2.22. The molecule has 0 fully saturated rings. The van der Waals surface area contributed by atoms with Crippen molar-refractivity contribution in [1.29, 1.82) is 0 Å². The molecule has 0 aliphatic carbocycles. The average molecular weight is 266 g/mol. The van der Waals surface area contributed by atoms with Crippen molar-refractivity contribution in [2.45, 2.75) is 39.0 Å². The van der Waals surface area contributed by atoms with Crippen LogP contribution in [0.25, 0.3) is 0 Å². The van der Waals surface area contributed by atoms with Crippen LogP contribution in [-0.2, 0) is 11.8 Å². The van der Waals surface area contributed by atoms with Crippen molar-refractivity contribution < 1.29 is 4.79 Å². The summed E-state index contributed by atoms with van der Waals surface area (Å²) in [5.74, 6) is 0.217. The number of rotatable bonds is 4. The zero-order chi connectivity index (χ0) is 14.6. The van der Waals surface area contributed by atoms with Gasteiger partial charge in [-0.25, -0.2) is 0 Å². The molecule has 0 aliphatic heterocycles. The summed E-state index contributed by atoms with van der Waals surface area (Å²) >= 11 is 0. The molecule has 0 aliphatic rings. The van der Waals surface area contributed by atoms with Crippen LogP contribution in [0.5, 0.6) is 0 Å². The Bertz CT molecular complexity index is 559. The van der Waals surface area contributed by atoms with Gasteiger partial charge in [0, 0.05) is 12.0 Å². The highest BCUT2D eigenvalue weighted by Gasteiger charge is 2.14. The monoisotopic (exact) mass is 266 g/mol. The quantitative estimate of drug-likeness (QED) is 0.726. The van der Waals surface area contributed by atoms with Gasteiger partial charge in [-0.2, -0.15) is 0 Å². The normalized spacial score (nSPS) is 11.3. The van der Waals surface area contributed by atoms with Gasteiger partial charge in [0.15, 0.2) is 5.78 Å². The molecule has 2 rings (SSSR count). The van der Waals surface area contributed by atoms with Crippen LogP contribution in [0.1, 0.15) is 48.7 Å². The van der Waals surface area contributed by atoms with Gasteiger partial charge < -0.3 is 0 Å². The Morgan fingerprint density at radius 2 is 1.50 bits per heavy atom. The van der Waals surface area contributed by atoms with Crippen molar-refractivity contribution >= 4 is 5.78 Å². The number of hydrogen-bond acceptors (Lipinski definition) is 1. The van der Waals surface area contributed by atoms with Crippen LogP contribution in [0, 0.1) is 0 Å².